The standard InChI is InChI=1S/C111H205N5O24S6/c1-14-18-22-26-30-34-38-42-46-50-86-143-96(7)108(125)137-82-76-131-102(119)58-68-115(69-59-103(120)132-77-83-138-109(126)97(8)144-87-51-47-43-39-35-31-27-23-19-15-2)72-90-141-92-94(5)106(123)135-80-74-129-100(117)56-66-113(12)64-54-62-112(11)63-55-65-114(13)67-57-101(118)130-75-81-136-107(124)95(6)93-142-91-73-116(70-60-104(121)133-78-84-139-110(127)98(9)145-88-52-48-44-40-36-32-28-24-20-16-3)71-61-105(122)134-79-85-140-111(128)99(10)146-89-53-49-45-41-37-33-29-25-21-17-4/h94-99H,14-93H2,1-13H3. The third kappa shape index (κ3) is 93.2. The zero-order valence-corrected chi connectivity index (χ0v) is 98.4. The molecule has 35 heteroatoms. The molecule has 0 spiro atoms. The molecule has 0 aliphatic heterocycles. The van der Waals surface area contributed by atoms with E-state index in [1.807, 2.05) is 51.6 Å². The van der Waals surface area contributed by atoms with Gasteiger partial charge in [0.15, 0.2) is 0 Å². The average Bonchev–Trinajstić information content (AvgIpc) is 0.942. The van der Waals surface area contributed by atoms with E-state index in [4.69, 9.17) is 56.8 Å². The van der Waals surface area contributed by atoms with E-state index in [1.54, 1.807) is 60.9 Å². The van der Waals surface area contributed by atoms with Gasteiger partial charge in [-0.15, -0.1) is 47.0 Å². The molecule has 0 bridgehead atoms. The van der Waals surface area contributed by atoms with Crippen LogP contribution >= 0.6 is 70.6 Å². The highest BCUT2D eigenvalue weighted by atomic mass is 32.2. The van der Waals surface area contributed by atoms with E-state index in [0.717, 1.165) is 113 Å². The molecule has 0 N–H and O–H groups in total. The lowest BCUT2D eigenvalue weighted by Gasteiger charge is -2.22. The molecule has 6 unspecified atom stereocenters. The minimum atomic E-state index is -0.471. The summed E-state index contributed by atoms with van der Waals surface area (Å²) in [4.78, 5) is 164. The van der Waals surface area contributed by atoms with E-state index in [0.29, 0.717) is 49.2 Å². The molecule has 29 nitrogen and oxygen atoms in total. The lowest BCUT2D eigenvalue weighted by atomic mass is 10.1. The van der Waals surface area contributed by atoms with Crippen molar-refractivity contribution in [1.29, 1.82) is 0 Å². The smallest absolute Gasteiger partial charge is 0.318 e. The van der Waals surface area contributed by atoms with E-state index in [9.17, 15) is 57.5 Å². The quantitative estimate of drug-likeness (QED) is 0.0310. The summed E-state index contributed by atoms with van der Waals surface area (Å²) in [5, 5.41) is -1.28. The summed E-state index contributed by atoms with van der Waals surface area (Å²) in [5.74, 6) is -0.224. The monoisotopic (exact) mass is 2180 g/mol. The van der Waals surface area contributed by atoms with Crippen molar-refractivity contribution in [2.24, 2.45) is 11.8 Å². The Morgan fingerprint density at radius 2 is 0.363 bits per heavy atom. The maximum Gasteiger partial charge on any atom is 0.318 e. The minimum absolute atomic E-state index is 0.0271. The molecule has 0 heterocycles. The van der Waals surface area contributed by atoms with E-state index < -0.39 is 59.6 Å². The fourth-order valence-corrected chi connectivity index (χ4v) is 21.3. The molecule has 0 fully saturated rings. The largest absolute Gasteiger partial charge is 0.462 e. The molecule has 0 aromatic heterocycles. The van der Waals surface area contributed by atoms with Crippen molar-refractivity contribution >= 4 is 142 Å². The van der Waals surface area contributed by atoms with Crippen LogP contribution in [0.1, 0.15) is 377 Å². The maximum atomic E-state index is 13.0. The highest BCUT2D eigenvalue weighted by molar-refractivity contribution is 8.01. The van der Waals surface area contributed by atoms with Gasteiger partial charge in [-0.25, -0.2) is 0 Å². The van der Waals surface area contributed by atoms with E-state index in [2.05, 4.69) is 49.4 Å². The van der Waals surface area contributed by atoms with Gasteiger partial charge < -0.3 is 81.3 Å². The third-order valence-electron chi connectivity index (χ3n) is 25.1. The minimum Gasteiger partial charge on any atom is -0.462 e. The molecule has 6 atom stereocenters. The van der Waals surface area contributed by atoms with Crippen molar-refractivity contribution in [3.8, 4) is 0 Å². The Labute approximate surface area is 910 Å². The second-order valence-corrected chi connectivity index (χ2v) is 47.0. The fourth-order valence-electron chi connectivity index (χ4n) is 15.5. The first-order valence-corrected chi connectivity index (χ1v) is 63.2. The molecule has 0 radical (unpaired) electrons. The number of rotatable bonds is 108. The first kappa shape index (κ1) is 142. The number of ether oxygens (including phenoxy) is 12. The predicted molar refractivity (Wildman–Crippen MR) is 602 cm³/mol. The molecule has 146 heavy (non-hydrogen) atoms. The van der Waals surface area contributed by atoms with Crippen molar-refractivity contribution in [3.05, 3.63) is 0 Å². The lowest BCUT2D eigenvalue weighted by Crippen LogP contribution is -2.32. The Balaban J connectivity index is 4.90. The van der Waals surface area contributed by atoms with Crippen molar-refractivity contribution in [3.63, 3.8) is 0 Å². The number of thioether (sulfide) groups is 6. The first-order valence-electron chi connectivity index (χ1n) is 56.7. The molecule has 0 aliphatic carbocycles. The van der Waals surface area contributed by atoms with Gasteiger partial charge in [0.2, 0.25) is 0 Å². The van der Waals surface area contributed by atoms with Gasteiger partial charge in [0.1, 0.15) is 79.3 Å². The van der Waals surface area contributed by atoms with Crippen LogP contribution in [-0.2, 0) is 114 Å². The van der Waals surface area contributed by atoms with E-state index in [-0.39, 0.29) is 189 Å². The van der Waals surface area contributed by atoms with Crippen LogP contribution in [0.5, 0.6) is 0 Å². The number of nitrogens with zero attached hydrogens (tertiary/aromatic N) is 5. The summed E-state index contributed by atoms with van der Waals surface area (Å²) in [6, 6.07) is 0. The Bertz CT molecular complexity index is 2880. The predicted octanol–water partition coefficient (Wildman–Crippen LogP) is 21.9. The number of carbonyl (C=O) groups is 12. The van der Waals surface area contributed by atoms with Gasteiger partial charge in [-0.1, -0.05) is 273 Å². The number of hydrogen-bond donors (Lipinski definition) is 0. The lowest BCUT2D eigenvalue weighted by molar-refractivity contribution is -0.154. The van der Waals surface area contributed by atoms with E-state index >= 15 is 0 Å². The van der Waals surface area contributed by atoms with Crippen LogP contribution in [0.15, 0.2) is 0 Å². The van der Waals surface area contributed by atoms with Gasteiger partial charge in [-0.2, -0.15) is 23.5 Å². The number of esters is 12. The molecule has 0 amide bonds. The maximum absolute atomic E-state index is 13.0. The van der Waals surface area contributed by atoms with Gasteiger partial charge >= 0.3 is 71.6 Å². The third-order valence-corrected chi connectivity index (χ3v) is 32.3. The zero-order chi connectivity index (χ0) is 108. The molecular weight excluding hydrogens is 1980 g/mol. The van der Waals surface area contributed by atoms with Gasteiger partial charge in [-0.3, -0.25) is 57.5 Å². The van der Waals surface area contributed by atoms with Crippen LogP contribution in [0, 0.1) is 11.8 Å². The zero-order valence-electron chi connectivity index (χ0n) is 93.5. The molecule has 0 aromatic rings. The summed E-state index contributed by atoms with van der Waals surface area (Å²) < 4.78 is 65.2. The Hall–Kier alpha value is -4.46. The van der Waals surface area contributed by atoms with Gasteiger partial charge in [0.25, 0.3) is 0 Å². The Kier molecular flexibility index (Phi) is 100. The SMILES string of the molecule is CCCCCCCCCCCCSC(C)C(=O)OCCOC(=O)CCN(CCSCC(C)C(=O)OCCOC(=O)CCN(C)CCCN(C)CCCN(C)CCC(=O)OCCOC(=O)C(C)CSCCN(CCC(=O)OCCOC(=O)C(C)SCCCCCCCCCCCC)CCC(=O)OCCOC(=O)C(C)SCCCCCCCCCCCC)CCC(=O)OCCOC(=O)C(C)SCCCCCCCCCCCC. The summed E-state index contributed by atoms with van der Waals surface area (Å²) in [7, 11) is 5.97. The summed E-state index contributed by atoms with van der Waals surface area (Å²) in [5.41, 5.74) is 0. The second kappa shape index (κ2) is 104. The number of hydrogen-bond acceptors (Lipinski definition) is 35. The van der Waals surface area contributed by atoms with Crippen LogP contribution < -0.4 is 0 Å². The Morgan fingerprint density at radius 3 is 0.568 bits per heavy atom. The topological polar surface area (TPSA) is 332 Å². The van der Waals surface area contributed by atoms with Crippen LogP contribution in [0.4, 0.5) is 0 Å². The van der Waals surface area contributed by atoms with Gasteiger partial charge in [0, 0.05) is 75.4 Å². The number of unbranched alkanes of at least 4 members (excludes halogenated alkanes) is 36. The second-order valence-electron chi connectivity index (χ2n) is 38.9. The number of carbonyl (C=O) groups excluding carboxylic acids is 12. The van der Waals surface area contributed by atoms with Crippen LogP contribution in [0.25, 0.3) is 0 Å². The average molecular weight is 2190 g/mol. The highest BCUT2D eigenvalue weighted by Gasteiger charge is 2.25. The van der Waals surface area contributed by atoms with Gasteiger partial charge in [-0.05, 0) is 137 Å². The van der Waals surface area contributed by atoms with Crippen molar-refractivity contribution in [2.75, 3.05) is 225 Å². The van der Waals surface area contributed by atoms with Crippen molar-refractivity contribution in [1.82, 2.24) is 24.5 Å². The van der Waals surface area contributed by atoms with Crippen LogP contribution in [-0.4, -0.2) is 342 Å². The highest BCUT2D eigenvalue weighted by Crippen LogP contribution is 2.24. The molecule has 0 rings (SSSR count). The fraction of sp³-hybridized carbons (Fsp3) is 0.892. The Morgan fingerprint density at radius 1 is 0.192 bits per heavy atom. The molecule has 0 saturated carbocycles. The molecule has 0 aromatic carbocycles. The van der Waals surface area contributed by atoms with Crippen LogP contribution in [0.3, 0.4) is 0 Å². The molecular formula is C111H205N5O24S6. The van der Waals surface area contributed by atoms with Crippen molar-refractivity contribution < 1.29 is 114 Å². The first-order chi connectivity index (χ1) is 70.6. The van der Waals surface area contributed by atoms with Crippen molar-refractivity contribution in [2.45, 2.75) is 398 Å². The molecule has 0 saturated heterocycles. The van der Waals surface area contributed by atoms with Crippen LogP contribution in [0.2, 0.25) is 0 Å². The summed E-state index contributed by atoms with van der Waals surface area (Å²) in [6.45, 7) is 25.3. The van der Waals surface area contributed by atoms with E-state index in [1.165, 1.54) is 229 Å². The van der Waals surface area contributed by atoms with Gasteiger partial charge in [0.05, 0.1) is 71.4 Å². The molecule has 854 valence electrons. The normalized spacial score (nSPS) is 12.8. The molecule has 0 aliphatic rings. The summed E-state index contributed by atoms with van der Waals surface area (Å²) >= 11 is 9.37. The summed E-state index contributed by atoms with van der Waals surface area (Å²) in [6.07, 6.45) is 52.3.